The van der Waals surface area contributed by atoms with Crippen molar-refractivity contribution in [1.82, 2.24) is 15.0 Å². The van der Waals surface area contributed by atoms with Crippen molar-refractivity contribution in [3.8, 4) is 0 Å². The lowest BCUT2D eigenvalue weighted by Crippen LogP contribution is -2.38. The molecule has 0 spiro atoms. The van der Waals surface area contributed by atoms with Crippen LogP contribution in [0.4, 0.5) is 11.9 Å². The summed E-state index contributed by atoms with van der Waals surface area (Å²) in [5.41, 5.74) is 0. The zero-order valence-electron chi connectivity index (χ0n) is 12.0. The summed E-state index contributed by atoms with van der Waals surface area (Å²) in [5, 5.41) is 0.0905. The number of anilines is 2. The highest BCUT2D eigenvalue weighted by Crippen LogP contribution is 2.16. The number of sulfone groups is 1. The van der Waals surface area contributed by atoms with Crippen molar-refractivity contribution in [3.05, 3.63) is 5.28 Å². The minimum Gasteiger partial charge on any atom is -0.378 e. The first kappa shape index (κ1) is 16.2. The first-order valence-corrected chi connectivity index (χ1v) is 8.92. The lowest BCUT2D eigenvalue weighted by atomic mass is 10.4. The van der Waals surface area contributed by atoms with Gasteiger partial charge in [0.05, 0.1) is 19.0 Å². The number of nitrogens with zero attached hydrogens (tertiary/aromatic N) is 5. The number of hydrogen-bond donors (Lipinski definition) is 0. The van der Waals surface area contributed by atoms with E-state index in [1.807, 2.05) is 4.90 Å². The summed E-state index contributed by atoms with van der Waals surface area (Å²) in [6.07, 6.45) is 1.19. The van der Waals surface area contributed by atoms with Gasteiger partial charge in [-0.15, -0.1) is 0 Å². The molecule has 2 rings (SSSR count). The lowest BCUT2D eigenvalue weighted by molar-refractivity contribution is 0.122. The zero-order chi connectivity index (χ0) is 15.5. The molecule has 0 amide bonds. The van der Waals surface area contributed by atoms with Crippen LogP contribution < -0.4 is 9.80 Å². The summed E-state index contributed by atoms with van der Waals surface area (Å²) in [6, 6.07) is 0. The summed E-state index contributed by atoms with van der Waals surface area (Å²) in [6.45, 7) is 2.90. The molecule has 1 saturated heterocycles. The second-order valence-electron chi connectivity index (χ2n) is 4.86. The van der Waals surface area contributed by atoms with Crippen LogP contribution in [0.3, 0.4) is 0 Å². The third-order valence-corrected chi connectivity index (χ3v) is 4.11. The first-order valence-electron chi connectivity index (χ1n) is 6.48. The molecule has 0 saturated carbocycles. The molecule has 0 aromatic carbocycles. The van der Waals surface area contributed by atoms with Crippen LogP contribution in [-0.4, -0.2) is 75.3 Å². The average molecular weight is 336 g/mol. The number of rotatable bonds is 5. The van der Waals surface area contributed by atoms with Crippen molar-refractivity contribution in [2.75, 3.05) is 61.7 Å². The van der Waals surface area contributed by atoms with E-state index in [1.54, 1.807) is 11.9 Å². The van der Waals surface area contributed by atoms with Gasteiger partial charge in [0.15, 0.2) is 0 Å². The fourth-order valence-corrected chi connectivity index (χ4v) is 2.56. The Labute approximate surface area is 129 Å². The van der Waals surface area contributed by atoms with Crippen molar-refractivity contribution < 1.29 is 13.2 Å². The van der Waals surface area contributed by atoms with Gasteiger partial charge in [0.25, 0.3) is 0 Å². The van der Waals surface area contributed by atoms with Crippen LogP contribution >= 0.6 is 11.6 Å². The van der Waals surface area contributed by atoms with E-state index >= 15 is 0 Å². The Morgan fingerprint density at radius 2 is 1.95 bits per heavy atom. The largest absolute Gasteiger partial charge is 0.378 e. The summed E-state index contributed by atoms with van der Waals surface area (Å²) >= 11 is 5.94. The van der Waals surface area contributed by atoms with E-state index in [2.05, 4.69) is 15.0 Å². The molecule has 1 aliphatic rings. The van der Waals surface area contributed by atoms with E-state index in [0.717, 1.165) is 0 Å². The van der Waals surface area contributed by atoms with Gasteiger partial charge in [-0.25, -0.2) is 8.42 Å². The molecule has 2 heterocycles. The molecule has 1 aromatic heterocycles. The Kier molecular flexibility index (Phi) is 5.17. The quantitative estimate of drug-likeness (QED) is 0.733. The van der Waals surface area contributed by atoms with E-state index in [0.29, 0.717) is 44.7 Å². The molecule has 0 aliphatic carbocycles. The lowest BCUT2D eigenvalue weighted by Gasteiger charge is -2.27. The molecule has 1 aromatic rings. The van der Waals surface area contributed by atoms with Gasteiger partial charge in [0, 0.05) is 32.9 Å². The first-order chi connectivity index (χ1) is 9.85. The highest BCUT2D eigenvalue weighted by Gasteiger charge is 2.18. The van der Waals surface area contributed by atoms with Crippen LogP contribution in [0.5, 0.6) is 0 Å². The number of aromatic nitrogens is 3. The second kappa shape index (κ2) is 6.71. The Bertz CT molecular complexity index is 592. The Balaban J connectivity index is 2.13. The van der Waals surface area contributed by atoms with E-state index in [9.17, 15) is 8.42 Å². The normalized spacial score (nSPS) is 16.0. The molecular weight excluding hydrogens is 318 g/mol. The molecule has 1 fully saturated rings. The second-order valence-corrected chi connectivity index (χ2v) is 7.45. The van der Waals surface area contributed by atoms with Crippen LogP contribution in [0.2, 0.25) is 5.28 Å². The van der Waals surface area contributed by atoms with Crippen LogP contribution in [-0.2, 0) is 14.6 Å². The molecule has 0 N–H and O–H groups in total. The Hall–Kier alpha value is -1.19. The van der Waals surface area contributed by atoms with E-state index < -0.39 is 9.84 Å². The van der Waals surface area contributed by atoms with Gasteiger partial charge >= 0.3 is 0 Å². The average Bonchev–Trinajstić information content (AvgIpc) is 2.44. The fourth-order valence-electron chi connectivity index (χ4n) is 1.81. The van der Waals surface area contributed by atoms with Gasteiger partial charge in [-0.2, -0.15) is 15.0 Å². The van der Waals surface area contributed by atoms with Gasteiger partial charge in [0.2, 0.25) is 17.2 Å². The number of morpholine rings is 1. The van der Waals surface area contributed by atoms with Gasteiger partial charge < -0.3 is 14.5 Å². The van der Waals surface area contributed by atoms with Crippen LogP contribution in [0.15, 0.2) is 0 Å². The van der Waals surface area contributed by atoms with Gasteiger partial charge in [-0.1, -0.05) is 0 Å². The predicted molar refractivity (Wildman–Crippen MR) is 80.8 cm³/mol. The maximum atomic E-state index is 11.2. The smallest absolute Gasteiger partial charge is 0.231 e. The highest BCUT2D eigenvalue weighted by atomic mass is 35.5. The molecule has 0 unspecified atom stereocenters. The minimum atomic E-state index is -3.04. The van der Waals surface area contributed by atoms with Crippen molar-refractivity contribution in [3.63, 3.8) is 0 Å². The molecule has 21 heavy (non-hydrogen) atoms. The van der Waals surface area contributed by atoms with Gasteiger partial charge in [0.1, 0.15) is 9.84 Å². The summed E-state index contributed by atoms with van der Waals surface area (Å²) < 4.78 is 27.7. The number of ether oxygens (including phenoxy) is 1. The molecule has 0 atom stereocenters. The summed E-state index contributed by atoms with van der Waals surface area (Å²) in [4.78, 5) is 16.1. The Morgan fingerprint density at radius 3 is 2.57 bits per heavy atom. The molecule has 8 nitrogen and oxygen atoms in total. The molecule has 118 valence electrons. The maximum Gasteiger partial charge on any atom is 0.231 e. The van der Waals surface area contributed by atoms with Crippen LogP contribution in [0.25, 0.3) is 0 Å². The maximum absolute atomic E-state index is 11.2. The molecule has 0 radical (unpaired) electrons. The van der Waals surface area contributed by atoms with Crippen LogP contribution in [0, 0.1) is 0 Å². The minimum absolute atomic E-state index is 0.0275. The third kappa shape index (κ3) is 4.94. The van der Waals surface area contributed by atoms with E-state index in [-0.39, 0.29) is 11.0 Å². The molecule has 1 aliphatic heterocycles. The zero-order valence-corrected chi connectivity index (χ0v) is 13.6. The Morgan fingerprint density at radius 1 is 1.29 bits per heavy atom. The van der Waals surface area contributed by atoms with E-state index in [4.69, 9.17) is 16.3 Å². The molecular formula is C11H18ClN5O3S. The van der Waals surface area contributed by atoms with Gasteiger partial charge in [-0.3, -0.25) is 0 Å². The highest BCUT2D eigenvalue weighted by molar-refractivity contribution is 7.90. The topological polar surface area (TPSA) is 88.5 Å². The predicted octanol–water partition coefficient (Wildman–Crippen LogP) is -0.158. The van der Waals surface area contributed by atoms with Gasteiger partial charge in [-0.05, 0) is 11.6 Å². The number of halogens is 1. The van der Waals surface area contributed by atoms with Crippen molar-refractivity contribution in [1.29, 1.82) is 0 Å². The molecule has 10 heteroatoms. The summed E-state index contributed by atoms with van der Waals surface area (Å²) in [5.74, 6) is 0.874. The number of hydrogen-bond acceptors (Lipinski definition) is 8. The monoisotopic (exact) mass is 335 g/mol. The third-order valence-electron chi connectivity index (χ3n) is 3.02. The van der Waals surface area contributed by atoms with E-state index in [1.165, 1.54) is 6.26 Å². The standard InChI is InChI=1S/C11H18ClN5O3S/c1-16(5-8-21(2,18)19)10-13-9(12)14-11(15-10)17-3-6-20-7-4-17/h3-8H2,1-2H3. The van der Waals surface area contributed by atoms with Crippen molar-refractivity contribution >= 4 is 33.3 Å². The SMILES string of the molecule is CN(CCS(C)(=O)=O)c1nc(Cl)nc(N2CCOCC2)n1. The van der Waals surface area contributed by atoms with Crippen molar-refractivity contribution in [2.24, 2.45) is 0 Å². The fraction of sp³-hybridized carbons (Fsp3) is 0.727. The summed E-state index contributed by atoms with van der Waals surface area (Å²) in [7, 11) is -1.32. The van der Waals surface area contributed by atoms with Crippen molar-refractivity contribution in [2.45, 2.75) is 0 Å². The molecule has 0 bridgehead atoms. The van der Waals surface area contributed by atoms with Crippen LogP contribution in [0.1, 0.15) is 0 Å².